The van der Waals surface area contributed by atoms with E-state index < -0.39 is 0 Å². The summed E-state index contributed by atoms with van der Waals surface area (Å²) in [4.78, 5) is 4.23. The number of methoxy groups -OCH3 is 1. The molecule has 7 nitrogen and oxygen atoms in total. The molecule has 0 bridgehead atoms. The van der Waals surface area contributed by atoms with Gasteiger partial charge < -0.3 is 19.9 Å². The molecule has 7 heteroatoms. The molecule has 0 radical (unpaired) electrons. The molecule has 0 saturated heterocycles. The number of hydrogen-bond acceptors (Lipinski definition) is 4. The third kappa shape index (κ3) is 4.97. The fourth-order valence-electron chi connectivity index (χ4n) is 2.36. The second-order valence-corrected chi connectivity index (χ2v) is 5.67. The van der Waals surface area contributed by atoms with Gasteiger partial charge in [0, 0.05) is 20.6 Å². The van der Waals surface area contributed by atoms with Crippen LogP contribution in [0.4, 0.5) is 0 Å². The summed E-state index contributed by atoms with van der Waals surface area (Å²) in [5.74, 6) is 2.97. The Morgan fingerprint density at radius 2 is 2.04 bits per heavy atom. The van der Waals surface area contributed by atoms with Crippen molar-refractivity contribution in [1.29, 1.82) is 0 Å². The maximum atomic E-state index is 5.19. The Bertz CT molecular complexity index is 649. The summed E-state index contributed by atoms with van der Waals surface area (Å²) in [6.07, 6.45) is 2.70. The zero-order valence-electron chi connectivity index (χ0n) is 14.8. The lowest BCUT2D eigenvalue weighted by Crippen LogP contribution is -2.38. The summed E-state index contributed by atoms with van der Waals surface area (Å²) < 4.78 is 7.08. The zero-order chi connectivity index (χ0) is 17.4. The lowest BCUT2D eigenvalue weighted by Gasteiger charge is -2.15. The van der Waals surface area contributed by atoms with Crippen molar-refractivity contribution in [3.8, 4) is 5.75 Å². The summed E-state index contributed by atoms with van der Waals surface area (Å²) in [6, 6.07) is 8.23. The van der Waals surface area contributed by atoms with Crippen LogP contribution >= 0.6 is 0 Å². The van der Waals surface area contributed by atoms with Crippen LogP contribution in [0.3, 0.4) is 0 Å². The Hall–Kier alpha value is -2.57. The number of guanidine groups is 1. The molecule has 0 saturated carbocycles. The fourth-order valence-corrected chi connectivity index (χ4v) is 2.36. The smallest absolute Gasteiger partial charge is 0.191 e. The molecule has 1 unspecified atom stereocenters. The van der Waals surface area contributed by atoms with E-state index in [1.54, 1.807) is 20.5 Å². The molecule has 1 heterocycles. The maximum absolute atomic E-state index is 5.19. The molecular weight excluding hydrogens is 304 g/mol. The molecule has 2 N–H and O–H groups in total. The van der Waals surface area contributed by atoms with E-state index in [-0.39, 0.29) is 0 Å². The van der Waals surface area contributed by atoms with Gasteiger partial charge in [-0.25, -0.2) is 0 Å². The van der Waals surface area contributed by atoms with E-state index in [2.05, 4.69) is 44.9 Å². The first kappa shape index (κ1) is 17.8. The molecule has 0 aliphatic carbocycles. The van der Waals surface area contributed by atoms with Gasteiger partial charge in [0.1, 0.15) is 12.1 Å². The van der Waals surface area contributed by atoms with Gasteiger partial charge in [-0.05, 0) is 30.0 Å². The van der Waals surface area contributed by atoms with Crippen LogP contribution in [0.25, 0.3) is 0 Å². The highest BCUT2D eigenvalue weighted by atomic mass is 16.5. The van der Waals surface area contributed by atoms with Gasteiger partial charge >= 0.3 is 0 Å². The number of nitrogens with zero attached hydrogens (tertiary/aromatic N) is 4. The third-order valence-corrected chi connectivity index (χ3v) is 4.00. The average Bonchev–Trinajstić information content (AvgIpc) is 3.02. The predicted octanol–water partition coefficient (Wildman–Crippen LogP) is 1.68. The topological polar surface area (TPSA) is 76.4 Å². The SMILES string of the molecule is CN=C(NCCC(C)c1ccc(OC)cc1)NCc1nncn1C. The molecular formula is C17H26N6O. The molecule has 2 aromatic rings. The Kier molecular flexibility index (Phi) is 6.60. The minimum Gasteiger partial charge on any atom is -0.497 e. The van der Waals surface area contributed by atoms with E-state index in [9.17, 15) is 0 Å². The molecule has 2 rings (SSSR count). The molecule has 1 atom stereocenters. The second kappa shape index (κ2) is 8.90. The minimum atomic E-state index is 0.459. The molecule has 0 amide bonds. The van der Waals surface area contributed by atoms with Crippen molar-refractivity contribution < 1.29 is 4.74 Å². The Labute approximate surface area is 143 Å². The quantitative estimate of drug-likeness (QED) is 0.597. The molecule has 0 aliphatic heterocycles. The van der Waals surface area contributed by atoms with Crippen LogP contribution in [0.5, 0.6) is 5.75 Å². The highest BCUT2D eigenvalue weighted by molar-refractivity contribution is 5.79. The second-order valence-electron chi connectivity index (χ2n) is 5.67. The number of ether oxygens (including phenoxy) is 1. The summed E-state index contributed by atoms with van der Waals surface area (Å²) in [7, 11) is 5.37. The van der Waals surface area contributed by atoms with Gasteiger partial charge in [0.25, 0.3) is 0 Å². The van der Waals surface area contributed by atoms with Crippen LogP contribution in [0.2, 0.25) is 0 Å². The highest BCUT2D eigenvalue weighted by Gasteiger charge is 2.07. The predicted molar refractivity (Wildman–Crippen MR) is 95.2 cm³/mol. The van der Waals surface area contributed by atoms with Crippen LogP contribution in [0.1, 0.15) is 30.7 Å². The van der Waals surface area contributed by atoms with E-state index >= 15 is 0 Å². The molecule has 0 spiro atoms. The van der Waals surface area contributed by atoms with Crippen LogP contribution in [0, 0.1) is 0 Å². The molecule has 24 heavy (non-hydrogen) atoms. The third-order valence-electron chi connectivity index (χ3n) is 4.00. The van der Waals surface area contributed by atoms with Crippen molar-refractivity contribution >= 4 is 5.96 Å². The Morgan fingerprint density at radius 1 is 1.29 bits per heavy atom. The molecule has 1 aromatic carbocycles. The molecule has 1 aromatic heterocycles. The number of aliphatic imine (C=N–C) groups is 1. The Balaban J connectivity index is 1.75. The van der Waals surface area contributed by atoms with E-state index in [1.165, 1.54) is 5.56 Å². The van der Waals surface area contributed by atoms with Gasteiger partial charge in [-0.3, -0.25) is 4.99 Å². The molecule has 130 valence electrons. The van der Waals surface area contributed by atoms with Gasteiger partial charge in [0.05, 0.1) is 13.7 Å². The first-order valence-corrected chi connectivity index (χ1v) is 8.05. The van der Waals surface area contributed by atoms with Crippen LogP contribution in [0.15, 0.2) is 35.6 Å². The van der Waals surface area contributed by atoms with Crippen molar-refractivity contribution in [3.05, 3.63) is 42.0 Å². The Morgan fingerprint density at radius 3 is 2.62 bits per heavy atom. The fraction of sp³-hybridized carbons (Fsp3) is 0.471. The standard InChI is InChI=1S/C17H26N6O/c1-13(14-5-7-15(24-4)8-6-14)9-10-19-17(18-2)20-11-16-22-21-12-23(16)3/h5-8,12-13H,9-11H2,1-4H3,(H2,18,19,20). The first-order valence-electron chi connectivity index (χ1n) is 8.05. The van der Waals surface area contributed by atoms with E-state index in [0.717, 1.165) is 30.5 Å². The largest absolute Gasteiger partial charge is 0.497 e. The van der Waals surface area contributed by atoms with Gasteiger partial charge in [-0.1, -0.05) is 19.1 Å². The maximum Gasteiger partial charge on any atom is 0.191 e. The summed E-state index contributed by atoms with van der Waals surface area (Å²) in [5.41, 5.74) is 1.31. The van der Waals surface area contributed by atoms with Gasteiger partial charge in [0.2, 0.25) is 0 Å². The van der Waals surface area contributed by atoms with Crippen molar-refractivity contribution in [2.24, 2.45) is 12.0 Å². The number of rotatable bonds is 7. The van der Waals surface area contributed by atoms with Gasteiger partial charge in [0.15, 0.2) is 11.8 Å². The summed E-state index contributed by atoms with van der Waals surface area (Å²) in [6.45, 7) is 3.65. The number of aromatic nitrogens is 3. The molecule has 0 aliphatic rings. The monoisotopic (exact) mass is 330 g/mol. The summed E-state index contributed by atoms with van der Waals surface area (Å²) >= 11 is 0. The van der Waals surface area contributed by atoms with E-state index in [1.807, 2.05) is 23.7 Å². The van der Waals surface area contributed by atoms with Crippen molar-refractivity contribution in [3.63, 3.8) is 0 Å². The number of nitrogens with one attached hydrogen (secondary N) is 2. The number of aryl methyl sites for hydroxylation is 1. The minimum absolute atomic E-state index is 0.459. The van der Waals surface area contributed by atoms with Crippen molar-refractivity contribution in [2.75, 3.05) is 20.7 Å². The van der Waals surface area contributed by atoms with Crippen molar-refractivity contribution in [2.45, 2.75) is 25.8 Å². The summed E-state index contributed by atoms with van der Waals surface area (Å²) in [5, 5.41) is 14.5. The van der Waals surface area contributed by atoms with Gasteiger partial charge in [-0.15, -0.1) is 10.2 Å². The zero-order valence-corrected chi connectivity index (χ0v) is 14.8. The lowest BCUT2D eigenvalue weighted by atomic mass is 9.98. The van der Waals surface area contributed by atoms with Crippen LogP contribution < -0.4 is 15.4 Å². The van der Waals surface area contributed by atoms with E-state index in [0.29, 0.717) is 12.5 Å². The highest BCUT2D eigenvalue weighted by Crippen LogP contribution is 2.21. The van der Waals surface area contributed by atoms with Crippen LogP contribution in [-0.4, -0.2) is 41.4 Å². The average molecular weight is 330 g/mol. The first-order chi connectivity index (χ1) is 11.6. The molecule has 0 fully saturated rings. The number of benzene rings is 1. The lowest BCUT2D eigenvalue weighted by molar-refractivity contribution is 0.414. The number of hydrogen-bond donors (Lipinski definition) is 2. The normalized spacial score (nSPS) is 12.8. The van der Waals surface area contributed by atoms with E-state index in [4.69, 9.17) is 4.74 Å². The van der Waals surface area contributed by atoms with Crippen molar-refractivity contribution in [1.82, 2.24) is 25.4 Å². The van der Waals surface area contributed by atoms with Crippen LogP contribution in [-0.2, 0) is 13.6 Å². The van der Waals surface area contributed by atoms with Gasteiger partial charge in [-0.2, -0.15) is 0 Å².